The highest BCUT2D eigenvalue weighted by molar-refractivity contribution is 6.04. The molecule has 5 nitrogen and oxygen atoms in total. The van der Waals surface area contributed by atoms with Crippen molar-refractivity contribution in [3.05, 3.63) is 36.0 Å². The van der Waals surface area contributed by atoms with Crippen LogP contribution >= 0.6 is 0 Å². The van der Waals surface area contributed by atoms with Crippen molar-refractivity contribution in [1.82, 2.24) is 4.98 Å². The number of hydrogen-bond acceptors (Lipinski definition) is 4. The topological polar surface area (TPSA) is 73.7 Å². The van der Waals surface area contributed by atoms with Crippen LogP contribution in [-0.4, -0.2) is 40.9 Å². The third kappa shape index (κ3) is 2.88. The summed E-state index contributed by atoms with van der Waals surface area (Å²) < 4.78 is 0. The molecule has 20 heavy (non-hydrogen) atoms. The lowest BCUT2D eigenvalue weighted by Crippen LogP contribution is -2.24. The summed E-state index contributed by atoms with van der Waals surface area (Å²) >= 11 is 0. The van der Waals surface area contributed by atoms with E-state index < -0.39 is 12.1 Å². The Morgan fingerprint density at radius 2 is 2.10 bits per heavy atom. The number of pyridine rings is 1. The summed E-state index contributed by atoms with van der Waals surface area (Å²) in [5.74, 6) is -0.998. The van der Waals surface area contributed by atoms with Gasteiger partial charge in [-0.25, -0.2) is 4.79 Å². The summed E-state index contributed by atoms with van der Waals surface area (Å²) in [5, 5.41) is 19.5. The molecule has 1 atom stereocenters. The summed E-state index contributed by atoms with van der Waals surface area (Å²) in [6, 6.07) is 7.45. The molecule has 2 rings (SSSR count). The van der Waals surface area contributed by atoms with Gasteiger partial charge >= 0.3 is 5.97 Å². The Kier molecular flexibility index (Phi) is 4.20. The van der Waals surface area contributed by atoms with E-state index in [1.807, 2.05) is 36.2 Å². The van der Waals surface area contributed by atoms with E-state index in [-0.39, 0.29) is 5.56 Å². The van der Waals surface area contributed by atoms with Crippen LogP contribution in [0.2, 0.25) is 0 Å². The molecule has 2 aromatic rings. The molecule has 1 aromatic heterocycles. The number of carbonyl (C=O) groups is 1. The Labute approximate surface area is 117 Å². The first-order valence-corrected chi connectivity index (χ1v) is 6.51. The van der Waals surface area contributed by atoms with Crippen LogP contribution in [0.3, 0.4) is 0 Å². The SMILES string of the molecule is CC(O)CCN(C)c1c(C(=O)O)cnc2ccccc12. The van der Waals surface area contributed by atoms with Gasteiger partial charge < -0.3 is 15.1 Å². The number of hydrogen-bond donors (Lipinski definition) is 2. The number of benzene rings is 1. The van der Waals surface area contributed by atoms with E-state index in [0.29, 0.717) is 18.7 Å². The first-order chi connectivity index (χ1) is 9.50. The molecule has 1 unspecified atom stereocenters. The predicted molar refractivity (Wildman–Crippen MR) is 78.3 cm³/mol. The fourth-order valence-corrected chi connectivity index (χ4v) is 2.19. The number of para-hydroxylation sites is 1. The molecule has 0 saturated heterocycles. The summed E-state index contributed by atoms with van der Waals surface area (Å²) in [6.07, 6.45) is 1.55. The van der Waals surface area contributed by atoms with Gasteiger partial charge in [0.15, 0.2) is 0 Å². The smallest absolute Gasteiger partial charge is 0.339 e. The van der Waals surface area contributed by atoms with E-state index in [2.05, 4.69) is 4.98 Å². The fourth-order valence-electron chi connectivity index (χ4n) is 2.19. The van der Waals surface area contributed by atoms with Crippen molar-refractivity contribution < 1.29 is 15.0 Å². The number of aliphatic hydroxyl groups is 1. The van der Waals surface area contributed by atoms with E-state index >= 15 is 0 Å². The quantitative estimate of drug-likeness (QED) is 0.873. The molecule has 0 bridgehead atoms. The van der Waals surface area contributed by atoms with Gasteiger partial charge in [-0.15, -0.1) is 0 Å². The van der Waals surface area contributed by atoms with Gasteiger partial charge in [-0.05, 0) is 19.4 Å². The number of aliphatic hydroxyl groups excluding tert-OH is 1. The largest absolute Gasteiger partial charge is 0.478 e. The number of carboxylic acids is 1. The second kappa shape index (κ2) is 5.88. The highest BCUT2D eigenvalue weighted by atomic mass is 16.4. The minimum Gasteiger partial charge on any atom is -0.478 e. The van der Waals surface area contributed by atoms with Gasteiger partial charge in [0.2, 0.25) is 0 Å². The van der Waals surface area contributed by atoms with Crippen LogP contribution in [0, 0.1) is 0 Å². The second-order valence-corrected chi connectivity index (χ2v) is 4.90. The molecule has 0 amide bonds. The second-order valence-electron chi connectivity index (χ2n) is 4.90. The highest BCUT2D eigenvalue weighted by Crippen LogP contribution is 2.29. The number of aromatic nitrogens is 1. The van der Waals surface area contributed by atoms with Crippen molar-refractivity contribution in [1.29, 1.82) is 0 Å². The molecule has 0 spiro atoms. The molecule has 0 aliphatic heterocycles. The summed E-state index contributed by atoms with van der Waals surface area (Å²) in [5.41, 5.74) is 1.58. The van der Waals surface area contributed by atoms with E-state index in [9.17, 15) is 15.0 Å². The van der Waals surface area contributed by atoms with E-state index in [1.165, 1.54) is 6.20 Å². The number of rotatable bonds is 5. The number of nitrogens with zero attached hydrogens (tertiary/aromatic N) is 2. The van der Waals surface area contributed by atoms with Crippen LogP contribution in [0.1, 0.15) is 23.7 Å². The zero-order chi connectivity index (χ0) is 14.7. The Bertz CT molecular complexity index is 626. The Morgan fingerprint density at radius 3 is 2.75 bits per heavy atom. The predicted octanol–water partition coefficient (Wildman–Crippen LogP) is 2.14. The minimum absolute atomic E-state index is 0.178. The first-order valence-electron chi connectivity index (χ1n) is 6.51. The van der Waals surface area contributed by atoms with Gasteiger partial charge in [-0.3, -0.25) is 4.98 Å². The van der Waals surface area contributed by atoms with Gasteiger partial charge in [0, 0.05) is 25.2 Å². The zero-order valence-corrected chi connectivity index (χ0v) is 11.6. The highest BCUT2D eigenvalue weighted by Gasteiger charge is 2.17. The average molecular weight is 274 g/mol. The van der Waals surface area contributed by atoms with Crippen LogP contribution < -0.4 is 4.90 Å². The lowest BCUT2D eigenvalue weighted by Gasteiger charge is -2.23. The van der Waals surface area contributed by atoms with Crippen molar-refractivity contribution in [2.75, 3.05) is 18.5 Å². The number of carboxylic acid groups (broad SMARTS) is 1. The van der Waals surface area contributed by atoms with Crippen LogP contribution in [0.5, 0.6) is 0 Å². The van der Waals surface area contributed by atoms with Crippen LogP contribution in [0.25, 0.3) is 10.9 Å². The number of anilines is 1. The Hall–Kier alpha value is -2.14. The maximum absolute atomic E-state index is 11.4. The molecule has 1 aromatic carbocycles. The van der Waals surface area contributed by atoms with Crippen molar-refractivity contribution in [2.45, 2.75) is 19.4 Å². The van der Waals surface area contributed by atoms with Gasteiger partial charge in [-0.2, -0.15) is 0 Å². The average Bonchev–Trinajstić information content (AvgIpc) is 2.43. The third-order valence-electron chi connectivity index (χ3n) is 3.24. The molecule has 0 aliphatic rings. The first kappa shape index (κ1) is 14.3. The maximum atomic E-state index is 11.4. The van der Waals surface area contributed by atoms with Crippen molar-refractivity contribution >= 4 is 22.6 Å². The molecule has 106 valence electrons. The normalized spacial score (nSPS) is 12.3. The van der Waals surface area contributed by atoms with E-state index in [4.69, 9.17) is 0 Å². The number of aromatic carboxylic acids is 1. The van der Waals surface area contributed by atoms with Crippen LogP contribution in [0.15, 0.2) is 30.5 Å². The van der Waals surface area contributed by atoms with Crippen LogP contribution in [-0.2, 0) is 0 Å². The van der Waals surface area contributed by atoms with E-state index in [0.717, 1.165) is 10.9 Å². The van der Waals surface area contributed by atoms with Gasteiger partial charge in [-0.1, -0.05) is 18.2 Å². The molecular formula is C15H18N2O3. The van der Waals surface area contributed by atoms with E-state index in [1.54, 1.807) is 6.92 Å². The van der Waals surface area contributed by atoms with Gasteiger partial charge in [0.05, 0.1) is 17.3 Å². The molecule has 0 radical (unpaired) electrons. The molecule has 0 fully saturated rings. The zero-order valence-electron chi connectivity index (χ0n) is 11.6. The standard InChI is InChI=1S/C15H18N2O3/c1-10(18)7-8-17(2)14-11-5-3-4-6-13(11)16-9-12(14)15(19)20/h3-6,9-10,18H,7-8H2,1-2H3,(H,19,20). The summed E-state index contributed by atoms with van der Waals surface area (Å²) in [6.45, 7) is 2.29. The molecule has 1 heterocycles. The lowest BCUT2D eigenvalue weighted by atomic mass is 10.1. The molecule has 0 aliphatic carbocycles. The molecule has 0 saturated carbocycles. The van der Waals surface area contributed by atoms with Gasteiger partial charge in [0.25, 0.3) is 0 Å². The third-order valence-corrected chi connectivity index (χ3v) is 3.24. The lowest BCUT2D eigenvalue weighted by molar-refractivity contribution is 0.0697. The Morgan fingerprint density at radius 1 is 1.40 bits per heavy atom. The monoisotopic (exact) mass is 274 g/mol. The minimum atomic E-state index is -0.998. The summed E-state index contributed by atoms with van der Waals surface area (Å²) in [4.78, 5) is 17.4. The molecule has 2 N–H and O–H groups in total. The number of fused-ring (bicyclic) bond motifs is 1. The maximum Gasteiger partial charge on any atom is 0.339 e. The summed E-state index contributed by atoms with van der Waals surface area (Å²) in [7, 11) is 1.83. The fraction of sp³-hybridized carbons (Fsp3) is 0.333. The molecule has 5 heteroatoms. The van der Waals surface area contributed by atoms with Crippen molar-refractivity contribution in [2.24, 2.45) is 0 Å². The van der Waals surface area contributed by atoms with Crippen LogP contribution in [0.4, 0.5) is 5.69 Å². The molecular weight excluding hydrogens is 256 g/mol. The van der Waals surface area contributed by atoms with Gasteiger partial charge in [0.1, 0.15) is 5.56 Å². The van der Waals surface area contributed by atoms with Crippen molar-refractivity contribution in [3.63, 3.8) is 0 Å². The van der Waals surface area contributed by atoms with Crippen molar-refractivity contribution in [3.8, 4) is 0 Å². The Balaban J connectivity index is 2.51.